The van der Waals surface area contributed by atoms with Crippen molar-refractivity contribution < 1.29 is 9.53 Å². The summed E-state index contributed by atoms with van der Waals surface area (Å²) >= 11 is 0. The van der Waals surface area contributed by atoms with Crippen molar-refractivity contribution >= 4 is 17.5 Å². The predicted molar refractivity (Wildman–Crippen MR) is 92.7 cm³/mol. The molecule has 24 heavy (non-hydrogen) atoms. The summed E-state index contributed by atoms with van der Waals surface area (Å²) in [6, 6.07) is 9.17. The summed E-state index contributed by atoms with van der Waals surface area (Å²) in [6.45, 7) is 1.61. The van der Waals surface area contributed by atoms with Crippen LogP contribution in [0.1, 0.15) is 36.2 Å². The molecule has 0 aliphatic carbocycles. The lowest BCUT2D eigenvalue weighted by molar-refractivity contribution is 0.0755. The minimum absolute atomic E-state index is 0.0204. The second kappa shape index (κ2) is 7.77. The molecule has 2 aromatic rings. The topological polar surface area (TPSA) is 67.3 Å². The first-order chi connectivity index (χ1) is 11.8. The van der Waals surface area contributed by atoms with Gasteiger partial charge in [-0.1, -0.05) is 18.9 Å². The zero-order valence-electron chi connectivity index (χ0n) is 13.9. The van der Waals surface area contributed by atoms with Crippen LogP contribution in [0.3, 0.4) is 0 Å². The van der Waals surface area contributed by atoms with Gasteiger partial charge in [-0.25, -0.2) is 9.97 Å². The Hall–Kier alpha value is -2.63. The molecule has 0 atom stereocenters. The van der Waals surface area contributed by atoms with Gasteiger partial charge in [0.05, 0.1) is 7.11 Å². The van der Waals surface area contributed by atoms with Gasteiger partial charge < -0.3 is 15.0 Å². The minimum Gasteiger partial charge on any atom is -0.497 e. The van der Waals surface area contributed by atoms with Crippen molar-refractivity contribution in [2.45, 2.75) is 25.7 Å². The number of methoxy groups -OCH3 is 1. The number of nitrogens with zero attached hydrogens (tertiary/aromatic N) is 3. The lowest BCUT2D eigenvalue weighted by atomic mass is 10.2. The third-order valence-corrected chi connectivity index (χ3v) is 4.09. The number of aromatic nitrogens is 2. The number of carbonyl (C=O) groups excluding carboxylic acids is 1. The van der Waals surface area contributed by atoms with Crippen molar-refractivity contribution in [2.75, 3.05) is 25.5 Å². The average molecular weight is 326 g/mol. The average Bonchev–Trinajstić information content (AvgIpc) is 2.91. The number of anilines is 2. The van der Waals surface area contributed by atoms with Crippen molar-refractivity contribution in [3.63, 3.8) is 0 Å². The van der Waals surface area contributed by atoms with E-state index in [4.69, 9.17) is 4.74 Å². The smallest absolute Gasteiger partial charge is 0.272 e. The van der Waals surface area contributed by atoms with Crippen molar-refractivity contribution in [3.8, 4) is 5.75 Å². The number of amides is 1. The fourth-order valence-corrected chi connectivity index (χ4v) is 2.80. The molecule has 0 bridgehead atoms. The first-order valence-electron chi connectivity index (χ1n) is 8.29. The van der Waals surface area contributed by atoms with Crippen LogP contribution in [-0.4, -0.2) is 41.0 Å². The largest absolute Gasteiger partial charge is 0.497 e. The van der Waals surface area contributed by atoms with Crippen LogP contribution in [0.4, 0.5) is 11.6 Å². The Morgan fingerprint density at radius 3 is 2.71 bits per heavy atom. The summed E-state index contributed by atoms with van der Waals surface area (Å²) in [4.78, 5) is 23.1. The second-order valence-corrected chi connectivity index (χ2v) is 5.83. The molecule has 1 amide bonds. The van der Waals surface area contributed by atoms with E-state index in [0.29, 0.717) is 11.6 Å². The number of likely N-dealkylation sites (tertiary alicyclic amines) is 1. The summed E-state index contributed by atoms with van der Waals surface area (Å²) in [5.41, 5.74) is 1.24. The number of nitrogens with one attached hydrogen (secondary N) is 1. The molecule has 0 unspecified atom stereocenters. The van der Waals surface area contributed by atoms with Gasteiger partial charge in [0.1, 0.15) is 11.4 Å². The Labute approximate surface area is 141 Å². The first-order valence-corrected chi connectivity index (χ1v) is 8.29. The molecule has 1 aliphatic rings. The number of hydrogen-bond donors (Lipinski definition) is 1. The van der Waals surface area contributed by atoms with E-state index in [1.165, 1.54) is 12.8 Å². The maximum Gasteiger partial charge on any atom is 0.272 e. The van der Waals surface area contributed by atoms with Crippen LogP contribution < -0.4 is 10.1 Å². The molecule has 3 rings (SSSR count). The van der Waals surface area contributed by atoms with Crippen LogP contribution in [-0.2, 0) is 0 Å². The van der Waals surface area contributed by atoms with Crippen molar-refractivity contribution in [3.05, 3.63) is 42.2 Å². The summed E-state index contributed by atoms with van der Waals surface area (Å²) in [6.07, 6.45) is 6.12. The third kappa shape index (κ3) is 4.01. The van der Waals surface area contributed by atoms with Gasteiger partial charge in [0, 0.05) is 31.0 Å². The van der Waals surface area contributed by atoms with E-state index in [9.17, 15) is 4.79 Å². The summed E-state index contributed by atoms with van der Waals surface area (Å²) in [5, 5.41) is 3.12. The molecule has 0 spiro atoms. The third-order valence-electron chi connectivity index (χ3n) is 4.09. The Morgan fingerprint density at radius 2 is 1.96 bits per heavy atom. The molecule has 0 radical (unpaired) electrons. The van der Waals surface area contributed by atoms with Crippen molar-refractivity contribution in [1.29, 1.82) is 0 Å². The van der Waals surface area contributed by atoms with Crippen LogP contribution in [0.25, 0.3) is 0 Å². The maximum atomic E-state index is 12.6. The predicted octanol–water partition coefficient (Wildman–Crippen LogP) is 3.25. The number of carbonyl (C=O) groups is 1. The maximum absolute atomic E-state index is 12.6. The zero-order chi connectivity index (χ0) is 16.8. The van der Waals surface area contributed by atoms with Gasteiger partial charge in [0.2, 0.25) is 5.95 Å². The lowest BCUT2D eigenvalue weighted by Crippen LogP contribution is -2.32. The van der Waals surface area contributed by atoms with Crippen LogP contribution >= 0.6 is 0 Å². The van der Waals surface area contributed by atoms with E-state index >= 15 is 0 Å². The highest BCUT2D eigenvalue weighted by Gasteiger charge is 2.18. The van der Waals surface area contributed by atoms with Crippen molar-refractivity contribution in [2.24, 2.45) is 0 Å². The summed E-state index contributed by atoms with van der Waals surface area (Å²) in [7, 11) is 1.62. The van der Waals surface area contributed by atoms with Gasteiger partial charge in [-0.15, -0.1) is 0 Å². The van der Waals surface area contributed by atoms with Gasteiger partial charge in [-0.2, -0.15) is 0 Å². The Morgan fingerprint density at radius 1 is 1.17 bits per heavy atom. The molecule has 1 aromatic heterocycles. The fraction of sp³-hybridized carbons (Fsp3) is 0.389. The van der Waals surface area contributed by atoms with Gasteiger partial charge in [-0.05, 0) is 31.0 Å². The Bertz CT molecular complexity index is 697. The summed E-state index contributed by atoms with van der Waals surface area (Å²) in [5.74, 6) is 1.13. The number of ether oxygens (including phenoxy) is 1. The number of hydrogen-bond acceptors (Lipinski definition) is 5. The molecule has 0 saturated carbocycles. The SMILES string of the molecule is COc1cccc(Nc2nccc(C(=O)N3CCCCCC3)n2)c1. The summed E-state index contributed by atoms with van der Waals surface area (Å²) < 4.78 is 5.20. The second-order valence-electron chi connectivity index (χ2n) is 5.83. The highest BCUT2D eigenvalue weighted by molar-refractivity contribution is 5.92. The first kappa shape index (κ1) is 16.2. The highest BCUT2D eigenvalue weighted by Crippen LogP contribution is 2.20. The molecule has 6 heteroatoms. The van der Waals surface area contributed by atoms with Crippen LogP contribution in [0.15, 0.2) is 36.5 Å². The van der Waals surface area contributed by atoms with Gasteiger partial charge in [0.25, 0.3) is 5.91 Å². The molecule has 1 N–H and O–H groups in total. The van der Waals surface area contributed by atoms with Crippen LogP contribution in [0.5, 0.6) is 5.75 Å². The normalized spacial score (nSPS) is 14.8. The van der Waals surface area contributed by atoms with Crippen molar-refractivity contribution in [1.82, 2.24) is 14.9 Å². The van der Waals surface area contributed by atoms with E-state index in [1.807, 2.05) is 29.2 Å². The van der Waals surface area contributed by atoms with E-state index in [1.54, 1.807) is 19.4 Å². The van der Waals surface area contributed by atoms with E-state index < -0.39 is 0 Å². The monoisotopic (exact) mass is 326 g/mol. The fourth-order valence-electron chi connectivity index (χ4n) is 2.80. The standard InChI is InChI=1S/C18H22N4O2/c1-24-15-8-6-7-14(13-15)20-18-19-10-9-16(21-18)17(23)22-11-4-2-3-5-12-22/h6-10,13H,2-5,11-12H2,1H3,(H,19,20,21). The highest BCUT2D eigenvalue weighted by atomic mass is 16.5. The molecular weight excluding hydrogens is 304 g/mol. The molecule has 1 saturated heterocycles. The molecular formula is C18H22N4O2. The van der Waals surface area contributed by atoms with E-state index in [0.717, 1.165) is 37.4 Å². The quantitative estimate of drug-likeness (QED) is 0.934. The van der Waals surface area contributed by atoms with Crippen LogP contribution in [0.2, 0.25) is 0 Å². The molecule has 1 aliphatic heterocycles. The Balaban J connectivity index is 1.74. The van der Waals surface area contributed by atoms with E-state index in [-0.39, 0.29) is 5.91 Å². The molecule has 1 aromatic carbocycles. The van der Waals surface area contributed by atoms with E-state index in [2.05, 4.69) is 15.3 Å². The molecule has 6 nitrogen and oxygen atoms in total. The van der Waals surface area contributed by atoms with Gasteiger partial charge in [0.15, 0.2) is 0 Å². The molecule has 126 valence electrons. The molecule has 1 fully saturated rings. The molecule has 2 heterocycles. The Kier molecular flexibility index (Phi) is 5.25. The van der Waals surface area contributed by atoms with Gasteiger partial charge in [-0.3, -0.25) is 4.79 Å². The number of rotatable bonds is 4. The van der Waals surface area contributed by atoms with Gasteiger partial charge >= 0.3 is 0 Å². The zero-order valence-corrected chi connectivity index (χ0v) is 13.9. The minimum atomic E-state index is -0.0204. The lowest BCUT2D eigenvalue weighted by Gasteiger charge is -2.19. The van der Waals surface area contributed by atoms with Crippen LogP contribution in [0, 0.1) is 0 Å². The number of benzene rings is 1.